The normalized spacial score (nSPS) is 13.0. The molecule has 0 saturated carbocycles. The quantitative estimate of drug-likeness (QED) is 0.0263. The van der Waals surface area contributed by atoms with Crippen molar-refractivity contribution in [1.82, 2.24) is 0 Å². The fourth-order valence-corrected chi connectivity index (χ4v) is 6.26. The zero-order valence-electron chi connectivity index (χ0n) is 39.8. The minimum absolute atomic E-state index is 0.0975. The van der Waals surface area contributed by atoms with Crippen LogP contribution in [-0.4, -0.2) is 37.2 Å². The maximum Gasteiger partial charge on any atom is 0.306 e. The Morgan fingerprint density at radius 1 is 0.339 bits per heavy atom. The van der Waals surface area contributed by atoms with Crippen molar-refractivity contribution in [2.24, 2.45) is 0 Å². The van der Waals surface area contributed by atoms with Crippen molar-refractivity contribution in [3.05, 3.63) is 109 Å². The first-order valence-corrected chi connectivity index (χ1v) is 24.9. The van der Waals surface area contributed by atoms with Gasteiger partial charge in [-0.25, -0.2) is 0 Å². The van der Waals surface area contributed by atoms with Crippen LogP contribution in [0.1, 0.15) is 207 Å². The Labute approximate surface area is 380 Å². The zero-order chi connectivity index (χ0) is 45.1. The largest absolute Gasteiger partial charge is 0.462 e. The van der Waals surface area contributed by atoms with Crippen LogP contribution in [0.25, 0.3) is 0 Å². The van der Waals surface area contributed by atoms with Gasteiger partial charge in [-0.05, 0) is 103 Å². The summed E-state index contributed by atoms with van der Waals surface area (Å²) < 4.78 is 16.6. The first-order valence-electron chi connectivity index (χ1n) is 24.9. The summed E-state index contributed by atoms with van der Waals surface area (Å²) in [5, 5.41) is 0. The highest BCUT2D eigenvalue weighted by atomic mass is 16.6. The van der Waals surface area contributed by atoms with Crippen molar-refractivity contribution in [3.8, 4) is 0 Å². The molecule has 0 aromatic rings. The number of hydrogen-bond acceptors (Lipinski definition) is 6. The summed E-state index contributed by atoms with van der Waals surface area (Å²) >= 11 is 0. The predicted octanol–water partition coefficient (Wildman–Crippen LogP) is 16.4. The first-order chi connectivity index (χ1) is 30.5. The summed E-state index contributed by atoms with van der Waals surface area (Å²) in [7, 11) is 0. The molecule has 6 heteroatoms. The van der Waals surface area contributed by atoms with Gasteiger partial charge >= 0.3 is 17.9 Å². The lowest BCUT2D eigenvalue weighted by molar-refractivity contribution is -0.167. The molecule has 0 aromatic heterocycles. The fourth-order valence-electron chi connectivity index (χ4n) is 6.26. The summed E-state index contributed by atoms with van der Waals surface area (Å²) in [6.07, 6.45) is 66.8. The van der Waals surface area contributed by atoms with Gasteiger partial charge in [0.25, 0.3) is 0 Å². The maximum absolute atomic E-state index is 12.7. The minimum Gasteiger partial charge on any atom is -0.462 e. The van der Waals surface area contributed by atoms with Crippen LogP contribution in [-0.2, 0) is 28.6 Å². The number of allylic oxidation sites excluding steroid dienone is 18. The van der Waals surface area contributed by atoms with Crippen molar-refractivity contribution in [2.75, 3.05) is 13.2 Å². The van der Waals surface area contributed by atoms with Crippen LogP contribution in [0.5, 0.6) is 0 Å². The molecule has 62 heavy (non-hydrogen) atoms. The molecular formula is C56H90O6. The second-order valence-electron chi connectivity index (χ2n) is 16.0. The molecule has 0 bridgehead atoms. The van der Waals surface area contributed by atoms with Crippen LogP contribution in [0, 0.1) is 0 Å². The van der Waals surface area contributed by atoms with Crippen LogP contribution in [0.4, 0.5) is 0 Å². The number of ether oxygens (including phenoxy) is 3. The molecule has 0 heterocycles. The molecule has 0 fully saturated rings. The number of esters is 3. The van der Waals surface area contributed by atoms with Crippen LogP contribution in [0.3, 0.4) is 0 Å². The van der Waals surface area contributed by atoms with E-state index in [0.717, 1.165) is 148 Å². The monoisotopic (exact) mass is 859 g/mol. The van der Waals surface area contributed by atoms with Gasteiger partial charge in [-0.1, -0.05) is 194 Å². The van der Waals surface area contributed by atoms with Crippen LogP contribution < -0.4 is 0 Å². The van der Waals surface area contributed by atoms with Gasteiger partial charge in [0.1, 0.15) is 13.2 Å². The number of carbonyl (C=O) groups is 3. The van der Waals surface area contributed by atoms with Gasteiger partial charge < -0.3 is 14.2 Å². The Hall–Kier alpha value is -3.93. The molecule has 350 valence electrons. The van der Waals surface area contributed by atoms with Crippen molar-refractivity contribution in [2.45, 2.75) is 213 Å². The topological polar surface area (TPSA) is 78.9 Å². The van der Waals surface area contributed by atoms with Gasteiger partial charge in [0.2, 0.25) is 0 Å². The number of rotatable bonds is 43. The molecule has 0 aliphatic carbocycles. The highest BCUT2D eigenvalue weighted by Crippen LogP contribution is 2.12. The van der Waals surface area contributed by atoms with Gasteiger partial charge in [-0.2, -0.15) is 0 Å². The molecule has 0 aromatic carbocycles. The van der Waals surface area contributed by atoms with E-state index in [0.29, 0.717) is 19.3 Å². The van der Waals surface area contributed by atoms with Crippen molar-refractivity contribution in [1.29, 1.82) is 0 Å². The molecule has 0 aliphatic rings. The molecular weight excluding hydrogens is 769 g/mol. The van der Waals surface area contributed by atoms with Gasteiger partial charge in [0, 0.05) is 19.3 Å². The summed E-state index contributed by atoms with van der Waals surface area (Å²) in [4.78, 5) is 37.6. The van der Waals surface area contributed by atoms with Gasteiger partial charge in [-0.3, -0.25) is 14.4 Å². The van der Waals surface area contributed by atoms with E-state index in [1.807, 2.05) is 0 Å². The molecule has 1 unspecified atom stereocenters. The van der Waals surface area contributed by atoms with Crippen molar-refractivity contribution < 1.29 is 28.6 Å². The fraction of sp³-hybridized carbons (Fsp3) is 0.625. The van der Waals surface area contributed by atoms with Crippen LogP contribution >= 0.6 is 0 Å². The van der Waals surface area contributed by atoms with Crippen molar-refractivity contribution >= 4 is 17.9 Å². The lowest BCUT2D eigenvalue weighted by Gasteiger charge is -2.18. The Kier molecular flexibility index (Phi) is 46.6. The van der Waals surface area contributed by atoms with E-state index in [4.69, 9.17) is 14.2 Å². The van der Waals surface area contributed by atoms with E-state index < -0.39 is 6.10 Å². The molecule has 0 spiro atoms. The summed E-state index contributed by atoms with van der Waals surface area (Å²) in [6, 6.07) is 0. The molecule has 0 saturated heterocycles. The Morgan fingerprint density at radius 3 is 1.05 bits per heavy atom. The zero-order valence-corrected chi connectivity index (χ0v) is 39.8. The number of unbranched alkanes of at least 4 members (excludes halogenated alkanes) is 14. The minimum atomic E-state index is -0.796. The summed E-state index contributed by atoms with van der Waals surface area (Å²) in [6.45, 7) is 6.33. The van der Waals surface area contributed by atoms with Crippen LogP contribution in [0.2, 0.25) is 0 Å². The predicted molar refractivity (Wildman–Crippen MR) is 265 cm³/mol. The van der Waals surface area contributed by atoms with E-state index in [1.165, 1.54) is 19.3 Å². The smallest absolute Gasteiger partial charge is 0.306 e. The Balaban J connectivity index is 4.27. The third-order valence-corrected chi connectivity index (χ3v) is 10.0. The maximum atomic E-state index is 12.7. The standard InChI is InChI=1S/C56H90O6/c1-4-7-10-13-15-17-19-21-23-24-25-26-27-28-29-30-31-32-33-35-36-38-40-43-46-49-55(58)61-52-53(51-60-54(57)48-45-42-12-9-6-3)62-56(59)50-47-44-41-39-37-34-22-20-18-16-14-11-8-5-2/h7,10,14-17,20-23,25-26,28-29,31-32,35-36,53H,4-6,8-9,11-13,18-19,24,27,30,33-34,37-52H2,1-3H3/b10-7-,16-14-,17-15-,22-20-,23-21-,26-25-,29-28-,32-31-,36-35-. The van der Waals surface area contributed by atoms with Gasteiger partial charge in [-0.15, -0.1) is 0 Å². The molecule has 0 radical (unpaired) electrons. The summed E-state index contributed by atoms with van der Waals surface area (Å²) in [5.41, 5.74) is 0. The lowest BCUT2D eigenvalue weighted by atomic mass is 10.1. The summed E-state index contributed by atoms with van der Waals surface area (Å²) in [5.74, 6) is -0.969. The average molecular weight is 859 g/mol. The lowest BCUT2D eigenvalue weighted by Crippen LogP contribution is -2.30. The highest BCUT2D eigenvalue weighted by Gasteiger charge is 2.19. The Bertz CT molecular complexity index is 1310. The molecule has 1 atom stereocenters. The van der Waals surface area contributed by atoms with E-state index in [1.54, 1.807) is 0 Å². The number of hydrogen-bond donors (Lipinski definition) is 0. The van der Waals surface area contributed by atoms with Crippen LogP contribution in [0.15, 0.2) is 109 Å². The highest BCUT2D eigenvalue weighted by molar-refractivity contribution is 5.71. The second-order valence-corrected chi connectivity index (χ2v) is 16.0. The number of carbonyl (C=O) groups excluding carboxylic acids is 3. The Morgan fingerprint density at radius 2 is 0.645 bits per heavy atom. The van der Waals surface area contributed by atoms with E-state index >= 15 is 0 Å². The molecule has 6 nitrogen and oxygen atoms in total. The third kappa shape index (κ3) is 47.1. The molecule has 0 rings (SSSR count). The van der Waals surface area contributed by atoms with E-state index in [9.17, 15) is 14.4 Å². The molecule has 0 aliphatic heterocycles. The van der Waals surface area contributed by atoms with Crippen molar-refractivity contribution in [3.63, 3.8) is 0 Å². The van der Waals surface area contributed by atoms with E-state index in [2.05, 4.69) is 130 Å². The molecule has 0 amide bonds. The average Bonchev–Trinajstić information content (AvgIpc) is 3.27. The van der Waals surface area contributed by atoms with E-state index in [-0.39, 0.29) is 31.1 Å². The molecule has 0 N–H and O–H groups in total. The first kappa shape index (κ1) is 58.1. The second kappa shape index (κ2) is 49.7. The van der Waals surface area contributed by atoms with Gasteiger partial charge in [0.05, 0.1) is 0 Å². The SMILES string of the molecule is CC/C=C\C/C=C\C/C=C\C/C=C\C/C=C\C/C=C\C/C=C\CCCCCC(=O)OCC(COC(=O)CCCCCCC)OC(=O)CCCCCCC/C=C\C/C=C\CCCC. The van der Waals surface area contributed by atoms with Gasteiger partial charge in [0.15, 0.2) is 6.10 Å². The third-order valence-electron chi connectivity index (χ3n) is 10.0.